The normalized spacial score (nSPS) is 20.3. The quantitative estimate of drug-likeness (QED) is 0.710. The SMILES string of the molecule is CC(C)(C)n1nc([C@@H]2C[CH][C@@H](F)C2)cc1Nc1nccc2nc(C=O)cn12. The van der Waals surface area contributed by atoms with E-state index in [1.165, 1.54) is 0 Å². The molecule has 27 heavy (non-hydrogen) atoms. The minimum atomic E-state index is -0.866. The van der Waals surface area contributed by atoms with Gasteiger partial charge in [0.05, 0.1) is 11.2 Å². The summed E-state index contributed by atoms with van der Waals surface area (Å²) in [5, 5.41) is 8.06. The Morgan fingerprint density at radius 3 is 2.85 bits per heavy atom. The number of anilines is 2. The maximum atomic E-state index is 13.6. The highest BCUT2D eigenvalue weighted by molar-refractivity contribution is 5.73. The third-order valence-electron chi connectivity index (χ3n) is 4.73. The summed E-state index contributed by atoms with van der Waals surface area (Å²) in [6.07, 6.45) is 5.99. The summed E-state index contributed by atoms with van der Waals surface area (Å²) in [7, 11) is 0. The molecule has 0 unspecified atom stereocenters. The van der Waals surface area contributed by atoms with Crippen molar-refractivity contribution in [2.24, 2.45) is 0 Å². The Morgan fingerprint density at radius 1 is 1.37 bits per heavy atom. The van der Waals surface area contributed by atoms with Crippen LogP contribution in [0, 0.1) is 6.42 Å². The zero-order valence-corrected chi connectivity index (χ0v) is 15.6. The van der Waals surface area contributed by atoms with Gasteiger partial charge in [-0.2, -0.15) is 5.10 Å². The van der Waals surface area contributed by atoms with Gasteiger partial charge in [0.1, 0.15) is 23.3 Å². The number of carbonyl (C=O) groups excluding carboxylic acids is 1. The monoisotopic (exact) mass is 369 g/mol. The van der Waals surface area contributed by atoms with E-state index in [0.717, 1.165) is 11.5 Å². The lowest BCUT2D eigenvalue weighted by Crippen LogP contribution is -2.25. The fraction of sp³-hybridized carbons (Fsp3) is 0.421. The first-order chi connectivity index (χ1) is 12.8. The van der Waals surface area contributed by atoms with E-state index in [0.29, 0.717) is 36.4 Å². The summed E-state index contributed by atoms with van der Waals surface area (Å²) in [5.74, 6) is 1.38. The van der Waals surface area contributed by atoms with Gasteiger partial charge in [0.15, 0.2) is 6.29 Å². The van der Waals surface area contributed by atoms with Crippen LogP contribution >= 0.6 is 0 Å². The van der Waals surface area contributed by atoms with Gasteiger partial charge in [-0.05, 0) is 46.1 Å². The second-order valence-corrected chi connectivity index (χ2v) is 7.86. The molecule has 3 aromatic rings. The molecule has 3 aromatic heterocycles. The number of fused-ring (bicyclic) bond motifs is 1. The highest BCUT2D eigenvalue weighted by Gasteiger charge is 2.30. The van der Waals surface area contributed by atoms with E-state index in [1.54, 1.807) is 29.3 Å². The van der Waals surface area contributed by atoms with Crippen molar-refractivity contribution >= 4 is 23.7 Å². The van der Waals surface area contributed by atoms with E-state index < -0.39 is 6.17 Å². The Morgan fingerprint density at radius 2 is 2.19 bits per heavy atom. The molecule has 1 saturated carbocycles. The van der Waals surface area contributed by atoms with Crippen LogP contribution in [0.4, 0.5) is 16.2 Å². The molecule has 3 heterocycles. The number of aldehydes is 1. The largest absolute Gasteiger partial charge is 0.310 e. The summed E-state index contributed by atoms with van der Waals surface area (Å²) < 4.78 is 17.2. The van der Waals surface area contributed by atoms with E-state index in [9.17, 15) is 9.18 Å². The van der Waals surface area contributed by atoms with Crippen LogP contribution in [0.15, 0.2) is 24.5 Å². The van der Waals surface area contributed by atoms with Crippen LogP contribution in [-0.2, 0) is 5.54 Å². The smallest absolute Gasteiger partial charge is 0.214 e. The number of nitrogens with one attached hydrogen (secondary N) is 1. The second kappa shape index (κ2) is 6.44. The number of hydrogen-bond donors (Lipinski definition) is 1. The highest BCUT2D eigenvalue weighted by atomic mass is 19.1. The number of carbonyl (C=O) groups is 1. The van der Waals surface area contributed by atoms with Gasteiger partial charge in [-0.25, -0.2) is 19.0 Å². The maximum absolute atomic E-state index is 13.6. The summed E-state index contributed by atoms with van der Waals surface area (Å²) in [4.78, 5) is 19.7. The van der Waals surface area contributed by atoms with Crippen LogP contribution in [0.1, 0.15) is 55.7 Å². The van der Waals surface area contributed by atoms with Crippen LogP contribution in [0.2, 0.25) is 0 Å². The summed E-state index contributed by atoms with van der Waals surface area (Å²) >= 11 is 0. The number of imidazole rings is 1. The van der Waals surface area contributed by atoms with Gasteiger partial charge in [0.25, 0.3) is 0 Å². The molecule has 2 atom stereocenters. The standard InChI is InChI=1S/C19H22FN6O/c1-19(2,3)26-17(9-15(24-26)12-4-5-13(20)8-12)23-18-21-7-6-16-22-14(11-27)10-25(16)18/h5-7,9-13H,4,8H2,1-3H3,(H,21,23)/t12-,13-/m1/s1. The van der Waals surface area contributed by atoms with E-state index in [2.05, 4.69) is 36.1 Å². The van der Waals surface area contributed by atoms with Crippen LogP contribution in [0.3, 0.4) is 0 Å². The van der Waals surface area contributed by atoms with Crippen LogP contribution in [-0.4, -0.2) is 36.6 Å². The first-order valence-corrected chi connectivity index (χ1v) is 8.99. The Hall–Kier alpha value is -2.77. The summed E-state index contributed by atoms with van der Waals surface area (Å²) in [6.45, 7) is 6.18. The van der Waals surface area contributed by atoms with Crippen molar-refractivity contribution in [1.29, 1.82) is 0 Å². The predicted molar refractivity (Wildman–Crippen MR) is 100 cm³/mol. The average molecular weight is 369 g/mol. The third kappa shape index (κ3) is 3.31. The van der Waals surface area contributed by atoms with Crippen molar-refractivity contribution in [3.63, 3.8) is 0 Å². The van der Waals surface area contributed by atoms with Crippen molar-refractivity contribution in [3.05, 3.63) is 42.3 Å². The number of aromatic nitrogens is 5. The van der Waals surface area contributed by atoms with E-state index in [4.69, 9.17) is 5.10 Å². The molecule has 0 bridgehead atoms. The molecule has 4 rings (SSSR count). The van der Waals surface area contributed by atoms with Crippen molar-refractivity contribution in [1.82, 2.24) is 24.1 Å². The summed E-state index contributed by atoms with van der Waals surface area (Å²) in [6, 6.07) is 3.69. The molecule has 1 aliphatic rings. The number of halogens is 1. The minimum Gasteiger partial charge on any atom is -0.310 e. The van der Waals surface area contributed by atoms with Gasteiger partial charge < -0.3 is 5.32 Å². The third-order valence-corrected chi connectivity index (χ3v) is 4.73. The van der Waals surface area contributed by atoms with Crippen molar-refractivity contribution in [2.75, 3.05) is 5.32 Å². The lowest BCUT2D eigenvalue weighted by molar-refractivity contribution is 0.111. The van der Waals surface area contributed by atoms with Crippen molar-refractivity contribution in [2.45, 2.75) is 51.2 Å². The summed E-state index contributed by atoms with van der Waals surface area (Å²) in [5.41, 5.74) is 1.57. The molecular formula is C19H22FN6O. The van der Waals surface area contributed by atoms with E-state index in [1.807, 2.05) is 10.7 Å². The number of nitrogens with zero attached hydrogens (tertiary/aromatic N) is 5. The fourth-order valence-corrected chi connectivity index (χ4v) is 3.42. The first kappa shape index (κ1) is 17.6. The topological polar surface area (TPSA) is 77.1 Å². The Labute approximate surface area is 156 Å². The number of rotatable bonds is 4. The molecule has 1 N–H and O–H groups in total. The molecular weight excluding hydrogens is 347 g/mol. The maximum Gasteiger partial charge on any atom is 0.214 e. The number of alkyl halides is 1. The molecule has 8 heteroatoms. The Balaban J connectivity index is 1.74. The zero-order valence-electron chi connectivity index (χ0n) is 15.6. The molecule has 0 aliphatic heterocycles. The van der Waals surface area contributed by atoms with Gasteiger partial charge >= 0.3 is 0 Å². The van der Waals surface area contributed by atoms with Crippen molar-refractivity contribution < 1.29 is 9.18 Å². The molecule has 141 valence electrons. The van der Waals surface area contributed by atoms with Crippen LogP contribution in [0.25, 0.3) is 5.65 Å². The van der Waals surface area contributed by atoms with Crippen LogP contribution < -0.4 is 5.32 Å². The van der Waals surface area contributed by atoms with Gasteiger partial charge in [-0.1, -0.05) is 0 Å². The highest BCUT2D eigenvalue weighted by Crippen LogP contribution is 2.37. The molecule has 1 fully saturated rings. The molecule has 1 aliphatic carbocycles. The predicted octanol–water partition coefficient (Wildman–Crippen LogP) is 3.66. The fourth-order valence-electron chi connectivity index (χ4n) is 3.42. The van der Waals surface area contributed by atoms with Gasteiger partial charge in [0.2, 0.25) is 5.95 Å². The molecule has 0 aromatic carbocycles. The van der Waals surface area contributed by atoms with Gasteiger partial charge in [0, 0.05) is 24.4 Å². The van der Waals surface area contributed by atoms with Gasteiger partial charge in [-0.15, -0.1) is 0 Å². The van der Waals surface area contributed by atoms with Crippen LogP contribution in [0.5, 0.6) is 0 Å². The molecule has 0 spiro atoms. The molecule has 7 nitrogen and oxygen atoms in total. The number of hydrogen-bond acceptors (Lipinski definition) is 5. The molecule has 0 amide bonds. The minimum absolute atomic E-state index is 0.0859. The van der Waals surface area contributed by atoms with E-state index in [-0.39, 0.29) is 11.5 Å². The lowest BCUT2D eigenvalue weighted by atomic mass is 10.0. The molecule has 1 radical (unpaired) electrons. The Kier molecular flexibility index (Phi) is 4.20. The lowest BCUT2D eigenvalue weighted by Gasteiger charge is -2.22. The van der Waals surface area contributed by atoms with Gasteiger partial charge in [-0.3, -0.25) is 9.20 Å². The Bertz CT molecular complexity index is 986. The van der Waals surface area contributed by atoms with Crippen molar-refractivity contribution in [3.8, 4) is 0 Å². The first-order valence-electron chi connectivity index (χ1n) is 8.99. The van der Waals surface area contributed by atoms with E-state index >= 15 is 0 Å². The average Bonchev–Trinajstić information content (AvgIpc) is 3.31. The molecule has 0 saturated heterocycles. The zero-order chi connectivity index (χ0) is 19.2. The second-order valence-electron chi connectivity index (χ2n) is 7.86.